The largest absolute Gasteiger partial charge is 0.407 e. The van der Waals surface area contributed by atoms with Gasteiger partial charge in [0.05, 0.1) is 15.5 Å². The first-order chi connectivity index (χ1) is 10.5. The lowest BCUT2D eigenvalue weighted by Gasteiger charge is -2.00. The van der Waals surface area contributed by atoms with E-state index in [0.717, 1.165) is 0 Å². The van der Waals surface area contributed by atoms with Gasteiger partial charge in [0.2, 0.25) is 5.89 Å². The summed E-state index contributed by atoms with van der Waals surface area (Å²) in [4.78, 5) is 0.0763. The maximum Gasteiger partial charge on any atom is 0.340 e. The van der Waals surface area contributed by atoms with Crippen molar-refractivity contribution in [3.63, 3.8) is 0 Å². The van der Waals surface area contributed by atoms with Gasteiger partial charge >= 0.3 is 5.22 Å². The molecule has 1 aromatic heterocycles. The van der Waals surface area contributed by atoms with Crippen LogP contribution >= 0.6 is 23.2 Å². The van der Waals surface area contributed by atoms with Gasteiger partial charge in [0, 0.05) is 5.02 Å². The van der Waals surface area contributed by atoms with Gasteiger partial charge in [-0.1, -0.05) is 46.5 Å². The second kappa shape index (κ2) is 5.72. The molecule has 0 unspecified atom stereocenters. The molecule has 0 fully saturated rings. The van der Waals surface area contributed by atoms with Crippen LogP contribution in [-0.4, -0.2) is 18.6 Å². The molecule has 0 spiro atoms. The van der Waals surface area contributed by atoms with Crippen molar-refractivity contribution >= 4 is 33.0 Å². The predicted molar refractivity (Wildman–Crippen MR) is 81.6 cm³/mol. The molecule has 2 aromatic carbocycles. The summed E-state index contributed by atoms with van der Waals surface area (Å²) in [7, 11) is -3.86. The Morgan fingerprint density at radius 3 is 2.36 bits per heavy atom. The number of rotatable bonds is 3. The van der Waals surface area contributed by atoms with Crippen LogP contribution in [0.15, 0.2) is 63.1 Å². The van der Waals surface area contributed by atoms with Crippen LogP contribution in [-0.2, 0) is 9.84 Å². The van der Waals surface area contributed by atoms with Crippen LogP contribution in [0, 0.1) is 0 Å². The Balaban J connectivity index is 2.04. The van der Waals surface area contributed by atoms with Crippen LogP contribution in [0.1, 0.15) is 0 Å². The van der Waals surface area contributed by atoms with Crippen molar-refractivity contribution in [2.24, 2.45) is 0 Å². The number of sulfone groups is 1. The van der Waals surface area contributed by atoms with Gasteiger partial charge in [-0.3, -0.25) is 0 Å². The maximum atomic E-state index is 12.4. The minimum Gasteiger partial charge on any atom is -0.407 e. The average molecular weight is 355 g/mol. The first-order valence-electron chi connectivity index (χ1n) is 6.07. The first-order valence-corrected chi connectivity index (χ1v) is 8.31. The number of halogens is 2. The maximum absolute atomic E-state index is 12.4. The third kappa shape index (κ3) is 2.72. The van der Waals surface area contributed by atoms with Gasteiger partial charge < -0.3 is 4.42 Å². The van der Waals surface area contributed by atoms with E-state index in [1.54, 1.807) is 30.3 Å². The monoisotopic (exact) mass is 354 g/mol. The highest BCUT2D eigenvalue weighted by Gasteiger charge is 2.25. The van der Waals surface area contributed by atoms with Crippen LogP contribution in [0.3, 0.4) is 0 Å². The molecule has 5 nitrogen and oxygen atoms in total. The molecule has 3 rings (SSSR count). The second-order valence-electron chi connectivity index (χ2n) is 4.31. The van der Waals surface area contributed by atoms with Gasteiger partial charge in [-0.15, -0.1) is 5.10 Å². The van der Waals surface area contributed by atoms with E-state index in [4.69, 9.17) is 27.6 Å². The molecule has 0 radical (unpaired) electrons. The van der Waals surface area contributed by atoms with E-state index in [1.165, 1.54) is 18.2 Å². The van der Waals surface area contributed by atoms with Gasteiger partial charge in [0.1, 0.15) is 0 Å². The average Bonchev–Trinajstić information content (AvgIpc) is 2.98. The molecule has 0 aliphatic heterocycles. The molecule has 8 heteroatoms. The van der Waals surface area contributed by atoms with Crippen LogP contribution in [0.5, 0.6) is 0 Å². The van der Waals surface area contributed by atoms with Crippen molar-refractivity contribution in [1.29, 1.82) is 0 Å². The van der Waals surface area contributed by atoms with Crippen LogP contribution in [0.25, 0.3) is 11.5 Å². The van der Waals surface area contributed by atoms with Crippen molar-refractivity contribution in [2.75, 3.05) is 0 Å². The highest BCUT2D eigenvalue weighted by Crippen LogP contribution is 2.31. The lowest BCUT2D eigenvalue weighted by atomic mass is 10.2. The lowest BCUT2D eigenvalue weighted by molar-refractivity contribution is 0.440. The van der Waals surface area contributed by atoms with Crippen LogP contribution in [0.4, 0.5) is 0 Å². The Kier molecular flexibility index (Phi) is 3.90. The summed E-state index contributed by atoms with van der Waals surface area (Å²) in [6.07, 6.45) is 0. The number of aromatic nitrogens is 2. The molecule has 0 saturated carbocycles. The number of hydrogen-bond acceptors (Lipinski definition) is 5. The van der Waals surface area contributed by atoms with E-state index >= 15 is 0 Å². The van der Waals surface area contributed by atoms with Crippen LogP contribution < -0.4 is 0 Å². The quantitative estimate of drug-likeness (QED) is 0.713. The summed E-state index contributed by atoms with van der Waals surface area (Å²) in [6, 6.07) is 12.5. The van der Waals surface area contributed by atoms with Crippen molar-refractivity contribution < 1.29 is 12.8 Å². The van der Waals surface area contributed by atoms with Crippen molar-refractivity contribution in [3.05, 3.63) is 58.6 Å². The van der Waals surface area contributed by atoms with Gasteiger partial charge in [-0.25, -0.2) is 8.42 Å². The first kappa shape index (κ1) is 15.0. The lowest BCUT2D eigenvalue weighted by Crippen LogP contribution is -2.01. The van der Waals surface area contributed by atoms with E-state index in [9.17, 15) is 8.42 Å². The van der Waals surface area contributed by atoms with Crippen molar-refractivity contribution in [1.82, 2.24) is 10.2 Å². The minimum atomic E-state index is -3.86. The summed E-state index contributed by atoms with van der Waals surface area (Å²) in [5.41, 5.74) is 0.410. The molecule has 0 aliphatic rings. The highest BCUT2D eigenvalue weighted by molar-refractivity contribution is 7.91. The zero-order valence-electron chi connectivity index (χ0n) is 10.9. The Labute approximate surface area is 136 Å². The molecule has 0 bridgehead atoms. The Bertz CT molecular complexity index is 924. The van der Waals surface area contributed by atoms with E-state index < -0.39 is 15.1 Å². The summed E-state index contributed by atoms with van der Waals surface area (Å²) in [5.74, 6) is 0.0103. The smallest absolute Gasteiger partial charge is 0.340 e. The molecular formula is C14H8Cl2N2O3S. The number of hydrogen-bond donors (Lipinski definition) is 0. The van der Waals surface area contributed by atoms with Gasteiger partial charge in [0.15, 0.2) is 0 Å². The Morgan fingerprint density at radius 2 is 1.68 bits per heavy atom. The fourth-order valence-electron chi connectivity index (χ4n) is 1.79. The fraction of sp³-hybridized carbons (Fsp3) is 0. The molecule has 0 aliphatic carbocycles. The minimum absolute atomic E-state index is 0.0103. The zero-order valence-corrected chi connectivity index (χ0v) is 13.2. The molecule has 0 N–H and O–H groups in total. The second-order valence-corrected chi connectivity index (χ2v) is 6.98. The third-order valence-electron chi connectivity index (χ3n) is 2.85. The van der Waals surface area contributed by atoms with E-state index in [-0.39, 0.29) is 10.8 Å². The van der Waals surface area contributed by atoms with Crippen molar-refractivity contribution in [3.8, 4) is 11.5 Å². The topological polar surface area (TPSA) is 73.1 Å². The predicted octanol–water partition coefficient (Wildman–Crippen LogP) is 3.88. The normalized spacial score (nSPS) is 11.5. The fourth-order valence-corrected chi connectivity index (χ4v) is 3.33. The summed E-state index contributed by atoms with van der Waals surface area (Å²) < 4.78 is 30.0. The molecule has 112 valence electrons. The summed E-state index contributed by atoms with van der Waals surface area (Å²) >= 11 is 11.9. The number of nitrogens with zero attached hydrogens (tertiary/aromatic N) is 2. The molecule has 22 heavy (non-hydrogen) atoms. The molecule has 0 saturated heterocycles. The van der Waals surface area contributed by atoms with Crippen LogP contribution in [0.2, 0.25) is 10.0 Å². The Morgan fingerprint density at radius 1 is 0.955 bits per heavy atom. The standard InChI is InChI=1S/C14H8Cl2N2O3S/c15-9-6-7-11(12(16)8-9)13-17-18-14(21-13)22(19,20)10-4-2-1-3-5-10/h1-8H. The van der Waals surface area contributed by atoms with Gasteiger partial charge in [-0.05, 0) is 30.3 Å². The molecule has 3 aromatic rings. The molecule has 0 atom stereocenters. The highest BCUT2D eigenvalue weighted by atomic mass is 35.5. The van der Waals surface area contributed by atoms with Gasteiger partial charge in [0.25, 0.3) is 9.84 Å². The molecular weight excluding hydrogens is 347 g/mol. The number of benzene rings is 2. The molecule has 1 heterocycles. The zero-order chi connectivity index (χ0) is 15.7. The molecule has 0 amide bonds. The third-order valence-corrected chi connectivity index (χ3v) is 4.92. The van der Waals surface area contributed by atoms with E-state index in [2.05, 4.69) is 10.2 Å². The van der Waals surface area contributed by atoms with Gasteiger partial charge in [-0.2, -0.15) is 0 Å². The summed E-state index contributed by atoms with van der Waals surface area (Å²) in [5, 5.41) is 7.61. The SMILES string of the molecule is O=S(=O)(c1ccccc1)c1nnc(-c2ccc(Cl)cc2Cl)o1. The van der Waals surface area contributed by atoms with E-state index in [1.807, 2.05) is 0 Å². The summed E-state index contributed by atoms with van der Waals surface area (Å²) in [6.45, 7) is 0. The Hall–Kier alpha value is -1.89. The van der Waals surface area contributed by atoms with Crippen molar-refractivity contribution in [2.45, 2.75) is 10.1 Å². The van der Waals surface area contributed by atoms with E-state index in [0.29, 0.717) is 15.6 Å².